The predicted molar refractivity (Wildman–Crippen MR) is 79.9 cm³/mol. The Hall–Kier alpha value is -2.47. The van der Waals surface area contributed by atoms with E-state index in [4.69, 9.17) is 11.6 Å². The van der Waals surface area contributed by atoms with Crippen LogP contribution in [-0.4, -0.2) is 15.1 Å². The van der Waals surface area contributed by atoms with Crippen molar-refractivity contribution in [1.82, 2.24) is 0 Å². The number of nitro benzene ring substituents is 1. The first-order valence-electron chi connectivity index (χ1n) is 6.10. The fraction of sp³-hybridized carbons (Fsp3) is 0.143. The molecule has 6 nitrogen and oxygen atoms in total. The van der Waals surface area contributed by atoms with E-state index < -0.39 is 4.92 Å². The first-order chi connectivity index (χ1) is 9.86. The van der Waals surface area contributed by atoms with Crippen molar-refractivity contribution in [2.45, 2.75) is 13.0 Å². The van der Waals surface area contributed by atoms with Crippen molar-refractivity contribution in [3.05, 3.63) is 57.1 Å². The zero-order valence-corrected chi connectivity index (χ0v) is 11.8. The summed E-state index contributed by atoms with van der Waals surface area (Å²) in [6, 6.07) is 7.97. The molecular formula is C14H13ClN2O4. The molecule has 0 spiro atoms. The highest BCUT2D eigenvalue weighted by atomic mass is 35.5. The molecule has 0 radical (unpaired) electrons. The highest BCUT2D eigenvalue weighted by molar-refractivity contribution is 6.33. The van der Waals surface area contributed by atoms with Gasteiger partial charge in [-0.05, 0) is 30.7 Å². The molecule has 0 heterocycles. The largest absolute Gasteiger partial charge is 0.508 e. The Balaban J connectivity index is 2.28. The van der Waals surface area contributed by atoms with Crippen molar-refractivity contribution in [1.29, 1.82) is 0 Å². The molecule has 0 aliphatic rings. The molecule has 1 unspecified atom stereocenters. The third kappa shape index (κ3) is 3.55. The van der Waals surface area contributed by atoms with Crippen molar-refractivity contribution in [3.63, 3.8) is 0 Å². The Morgan fingerprint density at radius 3 is 2.38 bits per heavy atom. The molecule has 1 atom stereocenters. The van der Waals surface area contributed by atoms with Crippen LogP contribution in [-0.2, 0) is 0 Å². The van der Waals surface area contributed by atoms with E-state index in [0.29, 0.717) is 16.3 Å². The minimum Gasteiger partial charge on any atom is -0.508 e. The SMILES string of the molecule is CC(Nc1cc([N+](=O)[O-])ccc1Cl)c1cc(O)cc(O)c1. The predicted octanol–water partition coefficient (Wildman–Crippen LogP) is 3.83. The molecule has 2 aromatic carbocycles. The number of phenols is 2. The number of hydrogen-bond donors (Lipinski definition) is 3. The second-order valence-corrected chi connectivity index (χ2v) is 4.98. The second-order valence-electron chi connectivity index (χ2n) is 4.57. The van der Waals surface area contributed by atoms with Gasteiger partial charge in [-0.2, -0.15) is 0 Å². The number of nitro groups is 1. The van der Waals surface area contributed by atoms with Gasteiger partial charge in [0.2, 0.25) is 0 Å². The van der Waals surface area contributed by atoms with E-state index in [2.05, 4.69) is 5.32 Å². The summed E-state index contributed by atoms with van der Waals surface area (Å²) in [6.45, 7) is 1.78. The Morgan fingerprint density at radius 1 is 1.19 bits per heavy atom. The molecule has 0 fully saturated rings. The highest BCUT2D eigenvalue weighted by Crippen LogP contribution is 2.31. The smallest absolute Gasteiger partial charge is 0.271 e. The maximum absolute atomic E-state index is 10.8. The molecule has 0 aliphatic carbocycles. The van der Waals surface area contributed by atoms with Crippen LogP contribution in [0, 0.1) is 10.1 Å². The number of anilines is 1. The fourth-order valence-electron chi connectivity index (χ4n) is 1.92. The van der Waals surface area contributed by atoms with Crippen LogP contribution >= 0.6 is 11.6 Å². The van der Waals surface area contributed by atoms with Gasteiger partial charge in [-0.3, -0.25) is 10.1 Å². The zero-order chi connectivity index (χ0) is 15.6. The van der Waals surface area contributed by atoms with Gasteiger partial charge >= 0.3 is 0 Å². The van der Waals surface area contributed by atoms with Gasteiger partial charge in [0.15, 0.2) is 0 Å². The van der Waals surface area contributed by atoms with E-state index in [-0.39, 0.29) is 23.2 Å². The Labute approximate surface area is 125 Å². The van der Waals surface area contributed by atoms with Crippen molar-refractivity contribution in [2.75, 3.05) is 5.32 Å². The Bertz CT molecular complexity index is 670. The molecule has 3 N–H and O–H groups in total. The van der Waals surface area contributed by atoms with Crippen LogP contribution < -0.4 is 5.32 Å². The number of hydrogen-bond acceptors (Lipinski definition) is 5. The monoisotopic (exact) mass is 308 g/mol. The molecule has 0 aromatic heterocycles. The van der Waals surface area contributed by atoms with Crippen molar-refractivity contribution < 1.29 is 15.1 Å². The van der Waals surface area contributed by atoms with Gasteiger partial charge in [0, 0.05) is 24.2 Å². The van der Waals surface area contributed by atoms with E-state index in [1.165, 1.54) is 36.4 Å². The summed E-state index contributed by atoms with van der Waals surface area (Å²) in [5, 5.41) is 33.1. The second kappa shape index (κ2) is 5.88. The lowest BCUT2D eigenvalue weighted by molar-refractivity contribution is -0.384. The van der Waals surface area contributed by atoms with Crippen LogP contribution in [0.15, 0.2) is 36.4 Å². The average Bonchev–Trinajstić information content (AvgIpc) is 2.39. The third-order valence-electron chi connectivity index (χ3n) is 2.96. The minimum atomic E-state index is -0.508. The summed E-state index contributed by atoms with van der Waals surface area (Å²) in [6.07, 6.45) is 0. The molecule has 21 heavy (non-hydrogen) atoms. The molecule has 0 bridgehead atoms. The van der Waals surface area contributed by atoms with Gasteiger partial charge in [0.05, 0.1) is 15.6 Å². The van der Waals surface area contributed by atoms with Crippen molar-refractivity contribution in [3.8, 4) is 11.5 Å². The normalized spacial score (nSPS) is 11.9. The number of rotatable bonds is 4. The van der Waals surface area contributed by atoms with Gasteiger partial charge < -0.3 is 15.5 Å². The molecule has 0 saturated heterocycles. The van der Waals surface area contributed by atoms with E-state index in [9.17, 15) is 20.3 Å². The van der Waals surface area contributed by atoms with Crippen LogP contribution in [0.1, 0.15) is 18.5 Å². The van der Waals surface area contributed by atoms with E-state index >= 15 is 0 Å². The summed E-state index contributed by atoms with van der Waals surface area (Å²) in [5.41, 5.74) is 0.948. The lowest BCUT2D eigenvalue weighted by Crippen LogP contribution is -2.07. The molecular weight excluding hydrogens is 296 g/mol. The van der Waals surface area contributed by atoms with Gasteiger partial charge in [0.25, 0.3) is 5.69 Å². The summed E-state index contributed by atoms with van der Waals surface area (Å²) >= 11 is 6.01. The fourth-order valence-corrected chi connectivity index (χ4v) is 2.09. The molecule has 0 amide bonds. The van der Waals surface area contributed by atoms with E-state index in [1.54, 1.807) is 6.92 Å². The summed E-state index contributed by atoms with van der Waals surface area (Å²) < 4.78 is 0. The van der Waals surface area contributed by atoms with E-state index in [0.717, 1.165) is 0 Å². The molecule has 110 valence electrons. The van der Waals surface area contributed by atoms with Gasteiger partial charge in [-0.15, -0.1) is 0 Å². The summed E-state index contributed by atoms with van der Waals surface area (Å²) in [5.74, 6) is -0.132. The standard InChI is InChI=1S/C14H13ClN2O4/c1-8(9-4-11(18)7-12(19)5-9)16-14-6-10(17(20)21)2-3-13(14)15/h2-8,16,18-19H,1H3. The maximum Gasteiger partial charge on any atom is 0.271 e. The van der Waals surface area contributed by atoms with E-state index in [1.807, 2.05) is 0 Å². The first-order valence-corrected chi connectivity index (χ1v) is 6.48. The van der Waals surface area contributed by atoms with Gasteiger partial charge in [0.1, 0.15) is 11.5 Å². The number of aromatic hydroxyl groups is 2. The number of halogens is 1. The molecule has 0 saturated carbocycles. The number of nitrogens with zero attached hydrogens (tertiary/aromatic N) is 1. The first kappa shape index (κ1) is 14.9. The lowest BCUT2D eigenvalue weighted by Gasteiger charge is -2.17. The summed E-state index contributed by atoms with van der Waals surface area (Å²) in [7, 11) is 0. The zero-order valence-electron chi connectivity index (χ0n) is 11.1. The van der Waals surface area contributed by atoms with Crippen LogP contribution in [0.5, 0.6) is 11.5 Å². The number of phenolic OH excluding ortho intramolecular Hbond substituents is 2. The quantitative estimate of drug-likeness (QED) is 0.589. The maximum atomic E-state index is 10.8. The van der Waals surface area contributed by atoms with Crippen molar-refractivity contribution >= 4 is 23.0 Å². The van der Waals surface area contributed by atoms with Gasteiger partial charge in [-0.1, -0.05) is 11.6 Å². The molecule has 2 rings (SSSR count). The molecule has 2 aromatic rings. The van der Waals surface area contributed by atoms with Gasteiger partial charge in [-0.25, -0.2) is 0 Å². The number of nitrogens with one attached hydrogen (secondary N) is 1. The average molecular weight is 309 g/mol. The van der Waals surface area contributed by atoms with Crippen LogP contribution in [0.4, 0.5) is 11.4 Å². The third-order valence-corrected chi connectivity index (χ3v) is 3.29. The molecule has 7 heteroatoms. The topological polar surface area (TPSA) is 95.6 Å². The van der Waals surface area contributed by atoms with Crippen LogP contribution in [0.25, 0.3) is 0 Å². The lowest BCUT2D eigenvalue weighted by atomic mass is 10.1. The number of non-ortho nitro benzene ring substituents is 1. The summed E-state index contributed by atoms with van der Waals surface area (Å²) in [4.78, 5) is 10.3. The molecule has 0 aliphatic heterocycles. The Kier molecular flexibility index (Phi) is 4.18. The minimum absolute atomic E-state index is 0.0659. The van der Waals surface area contributed by atoms with Crippen molar-refractivity contribution in [2.24, 2.45) is 0 Å². The van der Waals surface area contributed by atoms with Crippen LogP contribution in [0.3, 0.4) is 0 Å². The van der Waals surface area contributed by atoms with Crippen LogP contribution in [0.2, 0.25) is 5.02 Å². The number of benzene rings is 2. The Morgan fingerprint density at radius 2 is 1.81 bits per heavy atom. The highest BCUT2D eigenvalue weighted by Gasteiger charge is 2.13.